The van der Waals surface area contributed by atoms with Crippen molar-refractivity contribution in [2.75, 3.05) is 113 Å². The summed E-state index contributed by atoms with van der Waals surface area (Å²) in [4.78, 5) is 146. The number of pyridine rings is 4. The molecule has 7 atom stereocenters. The largest absolute Gasteiger partial charge is 0.489 e. The predicted octanol–water partition coefficient (Wildman–Crippen LogP) is 18.6. The van der Waals surface area contributed by atoms with Crippen LogP contribution >= 0.6 is 46.4 Å². The van der Waals surface area contributed by atoms with E-state index in [1.54, 1.807) is 111 Å². The van der Waals surface area contributed by atoms with Crippen molar-refractivity contribution < 1.29 is 71.5 Å². The maximum Gasteiger partial charge on any atom is 0.258 e. The van der Waals surface area contributed by atoms with Gasteiger partial charge in [-0.25, -0.2) is 19.9 Å². The van der Waals surface area contributed by atoms with Gasteiger partial charge in [0.05, 0.1) is 114 Å². The van der Waals surface area contributed by atoms with Crippen LogP contribution in [0.25, 0.3) is 44.1 Å². The van der Waals surface area contributed by atoms with Crippen molar-refractivity contribution in [2.45, 2.75) is 185 Å². The maximum atomic E-state index is 13.2. The standard InChI is InChI=1S/3C27H30ClN5O4.C26H28ClN5O3/c3*1-3-23(34)32-12-5-4-6-19(15-32)33-25-21(7-8-22(24(25)28)37-20-10-13-36-16-20)30-27(33)31-26(35)18-9-11-29-17(2)14-18;1-3-22(33)31-13-5-4-6-18(15-31)32-24-20(9-10-21(23(24)27)35-19-7-8-19)29-26(32)30-25(34)17-11-12-28-16(2)14-17/h3*3,7-9,11,14,19-20H,1,4-6,10,12-13,15-16H2,2H3,(H,30,31,35);3,9-12,14,18-19H,1,4-8,13,15H2,2H3,(H,29,30,34)/t19-,20+;2*19-,20-;18-/m1111/s1. The number of hydrogen-bond acceptors (Lipinski definition) is 23. The summed E-state index contributed by atoms with van der Waals surface area (Å²) < 4.78 is 48.7. The van der Waals surface area contributed by atoms with Gasteiger partial charge in [-0.05, 0) is 239 Å². The fraction of sp³-hybridized carbons (Fsp3) is 0.402. The van der Waals surface area contributed by atoms with Gasteiger partial charge in [0.2, 0.25) is 47.4 Å². The lowest BCUT2D eigenvalue weighted by atomic mass is 10.1. The summed E-state index contributed by atoms with van der Waals surface area (Å²) in [6.45, 7) is 29.9. The Kier molecular flexibility index (Phi) is 33.9. The Morgan fingerprint density at radius 1 is 0.322 bits per heavy atom. The zero-order chi connectivity index (χ0) is 102. The van der Waals surface area contributed by atoms with Gasteiger partial charge in [-0.2, -0.15) is 0 Å². The summed E-state index contributed by atoms with van der Waals surface area (Å²) in [7, 11) is 0. The van der Waals surface area contributed by atoms with Gasteiger partial charge in [-0.1, -0.05) is 72.7 Å². The normalized spacial score (nSPS) is 19.6. The third-order valence-electron chi connectivity index (χ3n) is 26.9. The van der Waals surface area contributed by atoms with E-state index < -0.39 is 0 Å². The van der Waals surface area contributed by atoms with Crippen LogP contribution in [0, 0.1) is 27.7 Å². The van der Waals surface area contributed by atoms with Crippen molar-refractivity contribution in [1.29, 1.82) is 0 Å². The highest BCUT2D eigenvalue weighted by molar-refractivity contribution is 6.38. The molecule has 4 aromatic carbocycles. The monoisotopic (exact) mass is 2060 g/mol. The van der Waals surface area contributed by atoms with E-state index in [1.807, 2.05) is 76.3 Å². The number of nitrogens with zero attached hydrogens (tertiary/aromatic N) is 16. The van der Waals surface area contributed by atoms with Gasteiger partial charge in [0.25, 0.3) is 23.6 Å². The molecule has 0 radical (unpaired) electrons. The number of aromatic nitrogens is 12. The molecule has 20 rings (SSSR count). The number of benzene rings is 4. The van der Waals surface area contributed by atoms with Crippen LogP contribution in [0.2, 0.25) is 20.1 Å². The smallest absolute Gasteiger partial charge is 0.258 e. The molecule has 0 spiro atoms. The lowest BCUT2D eigenvalue weighted by Crippen LogP contribution is -2.34. The Morgan fingerprint density at radius 3 is 0.760 bits per heavy atom. The van der Waals surface area contributed by atoms with E-state index >= 15 is 0 Å². The predicted molar refractivity (Wildman–Crippen MR) is 559 cm³/mol. The van der Waals surface area contributed by atoms with Crippen LogP contribution in [-0.4, -0.2) is 241 Å². The number of amides is 8. The molecule has 8 aliphatic rings. The fourth-order valence-electron chi connectivity index (χ4n) is 19.5. The van der Waals surface area contributed by atoms with E-state index in [4.69, 9.17) is 99.5 Å². The molecule has 764 valence electrons. The number of nitrogens with one attached hydrogen (secondary N) is 4. The Hall–Kier alpha value is -13.7. The molecule has 0 unspecified atom stereocenters. The second-order valence-electron chi connectivity index (χ2n) is 37.4. The summed E-state index contributed by atoms with van der Waals surface area (Å²) in [6, 6.07) is 27.6. The lowest BCUT2D eigenvalue weighted by molar-refractivity contribution is -0.127. The molecule has 1 aliphatic carbocycles. The van der Waals surface area contributed by atoms with E-state index in [0.717, 1.165) is 132 Å². The SMILES string of the molecule is C=CC(=O)N1CCCC[C@@H](n2c(NC(=O)c3ccnc(C)c3)nc3ccc(OC4CC4)c(Cl)c32)C1.C=CC(=O)N1CCCC[C@@H](n2c(NC(=O)c3ccnc(C)c3)nc3ccc(O[C@@H]4CCOC4)c(Cl)c32)C1.C=CC(=O)N1CCCC[C@@H](n2c(NC(=O)c3ccnc(C)c3)nc3ccc(O[C@@H]4CCOC4)c(Cl)c32)C1.C=CC(=O)N1CCCC[C@@H](n2c(NC(=O)c3ccnc(C)c3)nc3ccc(O[C@H]4CCOC4)c(Cl)c32)C1. The highest BCUT2D eigenvalue weighted by Gasteiger charge is 2.37. The van der Waals surface area contributed by atoms with E-state index in [0.29, 0.717) is 225 Å². The molecule has 8 amide bonds. The average molecular weight is 2070 g/mol. The van der Waals surface area contributed by atoms with Gasteiger partial charge in [0.15, 0.2) is 0 Å². The Bertz CT molecular complexity index is 6440. The minimum absolute atomic E-state index is 0.0704. The number of anilines is 4. The van der Waals surface area contributed by atoms with Gasteiger partial charge < -0.3 is 71.0 Å². The Morgan fingerprint density at radius 2 is 0.555 bits per heavy atom. The number of ether oxygens (including phenoxy) is 7. The molecule has 12 aromatic rings. The third-order valence-corrected chi connectivity index (χ3v) is 28.4. The Labute approximate surface area is 864 Å². The summed E-state index contributed by atoms with van der Waals surface area (Å²) >= 11 is 27.8. The number of fused-ring (bicyclic) bond motifs is 4. The van der Waals surface area contributed by atoms with Crippen LogP contribution in [0.1, 0.15) is 198 Å². The summed E-state index contributed by atoms with van der Waals surface area (Å²) in [5.41, 5.74) is 10.1. The lowest BCUT2D eigenvalue weighted by Gasteiger charge is -2.26. The molecule has 7 aliphatic heterocycles. The van der Waals surface area contributed by atoms with E-state index in [2.05, 4.69) is 67.5 Å². The molecule has 35 nitrogen and oxygen atoms in total. The number of halogens is 4. The fourth-order valence-corrected chi connectivity index (χ4v) is 20.6. The van der Waals surface area contributed by atoms with Gasteiger partial charge in [0.1, 0.15) is 61.4 Å². The second kappa shape index (κ2) is 47.7. The van der Waals surface area contributed by atoms with Crippen molar-refractivity contribution in [1.82, 2.24) is 77.7 Å². The van der Waals surface area contributed by atoms with Crippen LogP contribution in [-0.2, 0) is 33.4 Å². The van der Waals surface area contributed by atoms with Gasteiger partial charge in [-0.3, -0.25) is 79.6 Å². The molecule has 4 N–H and O–H groups in total. The number of carbonyl (C=O) groups is 8. The van der Waals surface area contributed by atoms with Crippen LogP contribution < -0.4 is 40.2 Å². The first kappa shape index (κ1) is 104. The summed E-state index contributed by atoms with van der Waals surface area (Å²) in [6.07, 6.45) is 26.6. The van der Waals surface area contributed by atoms with Crippen LogP contribution in [0.4, 0.5) is 23.8 Å². The first-order chi connectivity index (χ1) is 70.8. The van der Waals surface area contributed by atoms with Crippen molar-refractivity contribution in [3.05, 3.63) is 238 Å². The van der Waals surface area contributed by atoms with E-state index in [9.17, 15) is 38.4 Å². The summed E-state index contributed by atoms with van der Waals surface area (Å²) in [5, 5.41) is 13.6. The minimum Gasteiger partial charge on any atom is -0.489 e. The van der Waals surface area contributed by atoms with Gasteiger partial charge in [-0.15, -0.1) is 0 Å². The molecule has 8 aromatic heterocycles. The molecular weight excluding hydrogens is 1950 g/mol. The highest BCUT2D eigenvalue weighted by Crippen LogP contribution is 2.46. The third kappa shape index (κ3) is 24.5. The molecule has 0 bridgehead atoms. The van der Waals surface area contributed by atoms with Crippen molar-refractivity contribution >= 4 is 162 Å². The number of imidazole rings is 4. The first-order valence-electron chi connectivity index (χ1n) is 49.6. The zero-order valence-corrected chi connectivity index (χ0v) is 85.0. The second-order valence-corrected chi connectivity index (χ2v) is 39.0. The number of carbonyl (C=O) groups excluding carboxylic acids is 8. The van der Waals surface area contributed by atoms with Crippen LogP contribution in [0.5, 0.6) is 23.0 Å². The molecule has 146 heavy (non-hydrogen) atoms. The van der Waals surface area contributed by atoms with Crippen LogP contribution in [0.3, 0.4) is 0 Å². The molecule has 7 saturated heterocycles. The van der Waals surface area contributed by atoms with Crippen molar-refractivity contribution in [3.8, 4) is 23.0 Å². The zero-order valence-electron chi connectivity index (χ0n) is 82.0. The molecule has 1 saturated carbocycles. The first-order valence-corrected chi connectivity index (χ1v) is 51.1. The number of likely N-dealkylation sites (tertiary alicyclic amines) is 4. The van der Waals surface area contributed by atoms with Crippen molar-refractivity contribution in [3.63, 3.8) is 0 Å². The minimum atomic E-state index is -0.301. The maximum absolute atomic E-state index is 13.2. The summed E-state index contributed by atoms with van der Waals surface area (Å²) in [5.74, 6) is 2.09. The van der Waals surface area contributed by atoms with E-state index in [1.165, 1.54) is 24.3 Å². The molecular formula is C107H118Cl4N20O15. The quantitative estimate of drug-likeness (QED) is 0.0408. The number of hydrogen-bond donors (Lipinski definition) is 4. The van der Waals surface area contributed by atoms with Crippen molar-refractivity contribution in [2.24, 2.45) is 0 Å². The molecule has 8 fully saturated rings. The molecule has 39 heteroatoms. The van der Waals surface area contributed by atoms with E-state index in [-0.39, 0.29) is 95.8 Å². The topological polar surface area (TPSA) is 385 Å². The number of rotatable bonds is 24. The average Bonchev–Trinajstić information content (AvgIpc) is 1.63. The molecule has 15 heterocycles. The van der Waals surface area contributed by atoms with Gasteiger partial charge in [0, 0.05) is 141 Å². The van der Waals surface area contributed by atoms with Crippen LogP contribution in [0.15, 0.2) is 172 Å². The number of aryl methyl sites for hydroxylation is 4. The highest BCUT2D eigenvalue weighted by atomic mass is 35.5. The van der Waals surface area contributed by atoms with Gasteiger partial charge >= 0.3 is 0 Å². The Balaban J connectivity index is 0.000000133.